The molecule has 3 rings (SSSR count). The molecular formula is C14H18O2. The van der Waals surface area contributed by atoms with E-state index in [1.165, 1.54) is 5.57 Å². The minimum atomic E-state index is 0.187. The molecule has 2 aliphatic carbocycles. The summed E-state index contributed by atoms with van der Waals surface area (Å²) in [6.45, 7) is 6.23. The maximum absolute atomic E-state index is 5.88. The lowest BCUT2D eigenvalue weighted by Gasteiger charge is -2.25. The summed E-state index contributed by atoms with van der Waals surface area (Å²) in [5, 5.41) is 0. The molecule has 0 saturated carbocycles. The van der Waals surface area contributed by atoms with E-state index in [0.717, 1.165) is 32.7 Å². The molecule has 1 heterocycles. The summed E-state index contributed by atoms with van der Waals surface area (Å²) in [6, 6.07) is 0. The molecule has 86 valence electrons. The van der Waals surface area contributed by atoms with Crippen LogP contribution in [0.4, 0.5) is 0 Å². The third kappa shape index (κ3) is 1.33. The Morgan fingerprint density at radius 3 is 3.44 bits per heavy atom. The van der Waals surface area contributed by atoms with Crippen molar-refractivity contribution in [1.82, 2.24) is 0 Å². The van der Waals surface area contributed by atoms with Crippen LogP contribution in [0.5, 0.6) is 0 Å². The van der Waals surface area contributed by atoms with Crippen LogP contribution in [-0.2, 0) is 9.47 Å². The van der Waals surface area contributed by atoms with E-state index in [9.17, 15) is 0 Å². The molecule has 0 amide bonds. The van der Waals surface area contributed by atoms with Crippen molar-refractivity contribution < 1.29 is 9.47 Å². The Morgan fingerprint density at radius 2 is 2.56 bits per heavy atom. The second kappa shape index (κ2) is 3.86. The van der Waals surface area contributed by atoms with Gasteiger partial charge in [0.2, 0.25) is 0 Å². The van der Waals surface area contributed by atoms with E-state index in [0.29, 0.717) is 5.92 Å². The van der Waals surface area contributed by atoms with Crippen LogP contribution in [0, 0.1) is 11.3 Å². The van der Waals surface area contributed by atoms with Crippen molar-refractivity contribution >= 4 is 0 Å². The van der Waals surface area contributed by atoms with Gasteiger partial charge in [-0.3, -0.25) is 0 Å². The molecule has 2 heteroatoms. The van der Waals surface area contributed by atoms with Gasteiger partial charge in [0.25, 0.3) is 0 Å². The Kier molecular flexibility index (Phi) is 2.49. The normalized spacial score (nSPS) is 39.6. The fourth-order valence-corrected chi connectivity index (χ4v) is 3.14. The van der Waals surface area contributed by atoms with Gasteiger partial charge in [0.05, 0.1) is 25.9 Å². The van der Waals surface area contributed by atoms with E-state index in [1.807, 2.05) is 6.08 Å². The van der Waals surface area contributed by atoms with Gasteiger partial charge < -0.3 is 9.47 Å². The molecule has 0 unspecified atom stereocenters. The topological polar surface area (TPSA) is 18.5 Å². The van der Waals surface area contributed by atoms with Crippen LogP contribution in [-0.4, -0.2) is 25.9 Å². The molecule has 2 nitrogen and oxygen atoms in total. The Morgan fingerprint density at radius 1 is 1.62 bits per heavy atom. The molecular weight excluding hydrogens is 200 g/mol. The summed E-state index contributed by atoms with van der Waals surface area (Å²) in [7, 11) is 0. The van der Waals surface area contributed by atoms with Crippen molar-refractivity contribution in [1.29, 1.82) is 0 Å². The molecule has 3 atom stereocenters. The SMILES string of the molecule is C=CCCO[C@H]1C=C[C@]23COC[C@H]2CC=C13. The third-order valence-electron chi connectivity index (χ3n) is 4.04. The summed E-state index contributed by atoms with van der Waals surface area (Å²) in [4.78, 5) is 0. The highest BCUT2D eigenvalue weighted by Crippen LogP contribution is 2.54. The van der Waals surface area contributed by atoms with E-state index in [4.69, 9.17) is 9.47 Å². The summed E-state index contributed by atoms with van der Waals surface area (Å²) in [6.07, 6.45) is 11.1. The minimum absolute atomic E-state index is 0.187. The monoisotopic (exact) mass is 218 g/mol. The molecule has 16 heavy (non-hydrogen) atoms. The first-order chi connectivity index (χ1) is 7.87. The molecule has 0 aromatic carbocycles. The van der Waals surface area contributed by atoms with Gasteiger partial charge in [-0.2, -0.15) is 0 Å². The zero-order chi connectivity index (χ0) is 11.0. The first-order valence-corrected chi connectivity index (χ1v) is 6.07. The lowest BCUT2D eigenvalue weighted by molar-refractivity contribution is 0.104. The van der Waals surface area contributed by atoms with Crippen molar-refractivity contribution in [3.8, 4) is 0 Å². The zero-order valence-electron chi connectivity index (χ0n) is 9.52. The number of hydrogen-bond acceptors (Lipinski definition) is 2. The van der Waals surface area contributed by atoms with Crippen molar-refractivity contribution in [3.63, 3.8) is 0 Å². The highest BCUT2D eigenvalue weighted by molar-refractivity contribution is 5.42. The fourth-order valence-electron chi connectivity index (χ4n) is 3.14. The van der Waals surface area contributed by atoms with Crippen LogP contribution < -0.4 is 0 Å². The first kappa shape index (κ1) is 10.3. The summed E-state index contributed by atoms with van der Waals surface area (Å²) >= 11 is 0. The van der Waals surface area contributed by atoms with E-state index in [-0.39, 0.29) is 11.5 Å². The maximum Gasteiger partial charge on any atom is 0.0976 e. The molecule has 0 N–H and O–H groups in total. The van der Waals surface area contributed by atoms with Crippen LogP contribution in [0.3, 0.4) is 0 Å². The predicted molar refractivity (Wildman–Crippen MR) is 63.1 cm³/mol. The maximum atomic E-state index is 5.88. The van der Waals surface area contributed by atoms with Crippen LogP contribution in [0.15, 0.2) is 36.5 Å². The molecule has 0 radical (unpaired) electrons. The van der Waals surface area contributed by atoms with Crippen LogP contribution in [0.25, 0.3) is 0 Å². The van der Waals surface area contributed by atoms with Gasteiger partial charge in [-0.05, 0) is 18.4 Å². The Balaban J connectivity index is 1.72. The summed E-state index contributed by atoms with van der Waals surface area (Å²) < 4.78 is 11.5. The lowest BCUT2D eigenvalue weighted by atomic mass is 9.78. The standard InChI is InChI=1S/C14H18O2/c1-2-3-8-16-13-6-7-14-10-15-9-11(14)4-5-12(13)14/h2,5-7,11,13H,1,3-4,8-10H2/t11-,13+,14+/m1/s1. The third-order valence-corrected chi connectivity index (χ3v) is 4.04. The Labute approximate surface area is 96.6 Å². The van der Waals surface area contributed by atoms with Gasteiger partial charge in [-0.15, -0.1) is 6.58 Å². The second-order valence-corrected chi connectivity index (χ2v) is 4.88. The van der Waals surface area contributed by atoms with Gasteiger partial charge in [0.1, 0.15) is 0 Å². The molecule has 1 fully saturated rings. The fraction of sp³-hybridized carbons (Fsp3) is 0.571. The number of ether oxygens (including phenoxy) is 2. The van der Waals surface area contributed by atoms with Gasteiger partial charge in [0.15, 0.2) is 0 Å². The van der Waals surface area contributed by atoms with Crippen molar-refractivity contribution in [2.75, 3.05) is 19.8 Å². The van der Waals surface area contributed by atoms with Gasteiger partial charge in [0, 0.05) is 11.3 Å². The van der Waals surface area contributed by atoms with E-state index in [2.05, 4.69) is 24.8 Å². The molecule has 1 saturated heterocycles. The van der Waals surface area contributed by atoms with Crippen molar-refractivity contribution in [2.24, 2.45) is 11.3 Å². The van der Waals surface area contributed by atoms with Crippen LogP contribution in [0.1, 0.15) is 12.8 Å². The summed E-state index contributed by atoms with van der Waals surface area (Å²) in [5.74, 6) is 0.659. The number of allylic oxidation sites excluding steroid dienone is 1. The predicted octanol–water partition coefficient (Wildman–Crippen LogP) is 2.48. The van der Waals surface area contributed by atoms with E-state index in [1.54, 1.807) is 0 Å². The molecule has 0 bridgehead atoms. The van der Waals surface area contributed by atoms with E-state index >= 15 is 0 Å². The minimum Gasteiger partial charge on any atom is -0.380 e. The smallest absolute Gasteiger partial charge is 0.0976 e. The van der Waals surface area contributed by atoms with Gasteiger partial charge in [-0.25, -0.2) is 0 Å². The van der Waals surface area contributed by atoms with Crippen molar-refractivity contribution in [2.45, 2.75) is 18.9 Å². The molecule has 0 aromatic heterocycles. The molecule has 0 aromatic rings. The second-order valence-electron chi connectivity index (χ2n) is 4.88. The lowest BCUT2D eigenvalue weighted by Crippen LogP contribution is -2.26. The Hall–Kier alpha value is -0.860. The molecule has 1 aliphatic heterocycles. The van der Waals surface area contributed by atoms with Gasteiger partial charge in [-0.1, -0.05) is 24.3 Å². The van der Waals surface area contributed by atoms with E-state index < -0.39 is 0 Å². The quantitative estimate of drug-likeness (QED) is 0.533. The Bertz CT molecular complexity index is 356. The molecule has 3 aliphatic rings. The average molecular weight is 218 g/mol. The highest BCUT2D eigenvalue weighted by atomic mass is 16.5. The highest BCUT2D eigenvalue weighted by Gasteiger charge is 2.52. The molecule has 1 spiro atoms. The largest absolute Gasteiger partial charge is 0.380 e. The average Bonchev–Trinajstić information content (AvgIpc) is 2.89. The summed E-state index contributed by atoms with van der Waals surface area (Å²) in [5.41, 5.74) is 1.64. The first-order valence-electron chi connectivity index (χ1n) is 6.07. The number of hydrogen-bond donors (Lipinski definition) is 0. The van der Waals surface area contributed by atoms with Crippen LogP contribution in [0.2, 0.25) is 0 Å². The number of rotatable bonds is 4. The van der Waals surface area contributed by atoms with Crippen molar-refractivity contribution in [3.05, 3.63) is 36.5 Å². The van der Waals surface area contributed by atoms with Gasteiger partial charge >= 0.3 is 0 Å². The van der Waals surface area contributed by atoms with Crippen LogP contribution >= 0.6 is 0 Å². The zero-order valence-corrected chi connectivity index (χ0v) is 9.52.